The summed E-state index contributed by atoms with van der Waals surface area (Å²) in [4.78, 5) is 11.5. The molecule has 17 heavy (non-hydrogen) atoms. The molecule has 0 fully saturated rings. The second-order valence-electron chi connectivity index (χ2n) is 4.82. The number of esters is 1. The minimum atomic E-state index is -0.458. The maximum atomic E-state index is 11.5. The highest BCUT2D eigenvalue weighted by atomic mass is 16.6. The van der Waals surface area contributed by atoms with Gasteiger partial charge < -0.3 is 10.5 Å². The number of benzene rings is 1. The monoisotopic (exact) mass is 233 g/mol. The highest BCUT2D eigenvalue weighted by Gasteiger charge is 2.13. The molecule has 0 saturated heterocycles. The van der Waals surface area contributed by atoms with Gasteiger partial charge >= 0.3 is 5.97 Å². The van der Waals surface area contributed by atoms with Crippen LogP contribution in [0.25, 0.3) is 6.08 Å². The van der Waals surface area contributed by atoms with Crippen molar-refractivity contribution in [3.63, 3.8) is 0 Å². The lowest BCUT2D eigenvalue weighted by atomic mass is 10.1. The van der Waals surface area contributed by atoms with E-state index in [1.165, 1.54) is 6.08 Å². The zero-order chi connectivity index (χ0) is 12.9. The first-order chi connectivity index (χ1) is 7.90. The molecule has 0 aliphatic carbocycles. The third kappa shape index (κ3) is 5.31. The summed E-state index contributed by atoms with van der Waals surface area (Å²) in [7, 11) is 0. The van der Waals surface area contributed by atoms with Crippen molar-refractivity contribution in [1.29, 1.82) is 0 Å². The Labute approximate surface area is 102 Å². The summed E-state index contributed by atoms with van der Waals surface area (Å²) in [5.74, 6) is -0.337. The molecule has 1 aromatic rings. The highest BCUT2D eigenvalue weighted by Crippen LogP contribution is 2.09. The molecular weight excluding hydrogens is 214 g/mol. The molecule has 0 aliphatic rings. The van der Waals surface area contributed by atoms with E-state index in [0.717, 1.165) is 11.1 Å². The summed E-state index contributed by atoms with van der Waals surface area (Å²) in [6.45, 7) is 6.02. The van der Waals surface area contributed by atoms with Crippen LogP contribution in [0.1, 0.15) is 31.9 Å². The molecule has 3 nitrogen and oxygen atoms in total. The van der Waals surface area contributed by atoms with E-state index in [0.29, 0.717) is 6.54 Å². The summed E-state index contributed by atoms with van der Waals surface area (Å²) in [6, 6.07) is 7.72. The van der Waals surface area contributed by atoms with E-state index in [2.05, 4.69) is 0 Å². The first-order valence-corrected chi connectivity index (χ1v) is 5.61. The summed E-state index contributed by atoms with van der Waals surface area (Å²) in [5, 5.41) is 0. The number of rotatable bonds is 3. The van der Waals surface area contributed by atoms with Crippen molar-refractivity contribution in [2.24, 2.45) is 5.73 Å². The number of carbonyl (C=O) groups is 1. The van der Waals surface area contributed by atoms with E-state index in [1.807, 2.05) is 45.0 Å². The Morgan fingerprint density at radius 3 is 2.71 bits per heavy atom. The molecule has 1 rings (SSSR count). The maximum absolute atomic E-state index is 11.5. The van der Waals surface area contributed by atoms with Gasteiger partial charge in [-0.15, -0.1) is 0 Å². The maximum Gasteiger partial charge on any atom is 0.331 e. The largest absolute Gasteiger partial charge is 0.457 e. The third-order valence-corrected chi connectivity index (χ3v) is 2.01. The van der Waals surface area contributed by atoms with Crippen LogP contribution in [-0.2, 0) is 16.1 Å². The van der Waals surface area contributed by atoms with Gasteiger partial charge in [0.25, 0.3) is 0 Å². The Bertz CT molecular complexity index is 416. The normalized spacial score (nSPS) is 11.8. The number of carbonyl (C=O) groups excluding carboxylic acids is 1. The predicted molar refractivity (Wildman–Crippen MR) is 69.2 cm³/mol. The summed E-state index contributed by atoms with van der Waals surface area (Å²) < 4.78 is 5.17. The first kappa shape index (κ1) is 13.5. The standard InChI is InChI=1S/C14H19NO2/c1-14(2,3)17-13(16)8-7-11-5-4-6-12(9-11)10-15/h4-9H,10,15H2,1-3H3. The van der Waals surface area contributed by atoms with Crippen molar-refractivity contribution in [3.8, 4) is 0 Å². The van der Waals surface area contributed by atoms with Gasteiger partial charge in [0.2, 0.25) is 0 Å². The second-order valence-corrected chi connectivity index (χ2v) is 4.82. The van der Waals surface area contributed by atoms with Crippen LogP contribution in [0.5, 0.6) is 0 Å². The molecule has 2 N–H and O–H groups in total. The van der Waals surface area contributed by atoms with Crippen molar-refractivity contribution >= 4 is 12.0 Å². The van der Waals surface area contributed by atoms with Crippen LogP contribution in [0, 0.1) is 0 Å². The lowest BCUT2D eigenvalue weighted by Crippen LogP contribution is -2.22. The lowest BCUT2D eigenvalue weighted by Gasteiger charge is -2.17. The molecular formula is C14H19NO2. The van der Waals surface area contributed by atoms with Crippen LogP contribution >= 0.6 is 0 Å². The zero-order valence-corrected chi connectivity index (χ0v) is 10.6. The molecule has 0 unspecified atom stereocenters. The van der Waals surface area contributed by atoms with Crippen LogP contribution < -0.4 is 5.73 Å². The minimum absolute atomic E-state index is 0.337. The predicted octanol–water partition coefficient (Wildman–Crippen LogP) is 2.50. The highest BCUT2D eigenvalue weighted by molar-refractivity contribution is 5.87. The molecule has 0 bridgehead atoms. The van der Waals surface area contributed by atoms with E-state index in [1.54, 1.807) is 6.08 Å². The van der Waals surface area contributed by atoms with Crippen molar-refractivity contribution < 1.29 is 9.53 Å². The SMILES string of the molecule is CC(C)(C)OC(=O)C=Cc1cccc(CN)c1. The lowest BCUT2D eigenvalue weighted by molar-refractivity contribution is -0.148. The summed E-state index contributed by atoms with van der Waals surface area (Å²) >= 11 is 0. The average molecular weight is 233 g/mol. The Kier molecular flexibility index (Phi) is 4.46. The van der Waals surface area contributed by atoms with E-state index >= 15 is 0 Å². The number of ether oxygens (including phenoxy) is 1. The quantitative estimate of drug-likeness (QED) is 0.644. The van der Waals surface area contributed by atoms with Crippen molar-refractivity contribution in [2.45, 2.75) is 32.9 Å². The van der Waals surface area contributed by atoms with Gasteiger partial charge in [-0.2, -0.15) is 0 Å². The Morgan fingerprint density at radius 1 is 1.41 bits per heavy atom. The zero-order valence-electron chi connectivity index (χ0n) is 10.6. The van der Waals surface area contributed by atoms with Gasteiger partial charge in [-0.05, 0) is 38.0 Å². The van der Waals surface area contributed by atoms with Gasteiger partial charge in [-0.25, -0.2) is 4.79 Å². The molecule has 0 heterocycles. The van der Waals surface area contributed by atoms with Crippen molar-refractivity contribution in [2.75, 3.05) is 0 Å². The minimum Gasteiger partial charge on any atom is -0.457 e. The van der Waals surface area contributed by atoms with Gasteiger partial charge in [0.15, 0.2) is 0 Å². The molecule has 92 valence electrons. The van der Waals surface area contributed by atoms with Crippen LogP contribution in [0.2, 0.25) is 0 Å². The molecule has 0 saturated carbocycles. The number of hydrogen-bond acceptors (Lipinski definition) is 3. The van der Waals surface area contributed by atoms with E-state index in [4.69, 9.17) is 10.5 Å². The number of hydrogen-bond donors (Lipinski definition) is 1. The van der Waals surface area contributed by atoms with Gasteiger partial charge in [0, 0.05) is 12.6 Å². The molecule has 0 aliphatic heterocycles. The van der Waals surface area contributed by atoms with Crippen LogP contribution in [0.15, 0.2) is 30.3 Å². The van der Waals surface area contributed by atoms with Crippen LogP contribution in [0.4, 0.5) is 0 Å². The Balaban J connectivity index is 2.67. The molecule has 0 atom stereocenters. The van der Waals surface area contributed by atoms with E-state index < -0.39 is 5.60 Å². The van der Waals surface area contributed by atoms with Gasteiger partial charge in [-0.1, -0.05) is 24.3 Å². The molecule has 3 heteroatoms. The summed E-state index contributed by atoms with van der Waals surface area (Å²) in [5.41, 5.74) is 7.07. The van der Waals surface area contributed by atoms with Crippen LogP contribution in [0.3, 0.4) is 0 Å². The molecule has 0 aromatic heterocycles. The van der Waals surface area contributed by atoms with Crippen molar-refractivity contribution in [1.82, 2.24) is 0 Å². The van der Waals surface area contributed by atoms with Gasteiger partial charge in [0.1, 0.15) is 5.60 Å². The smallest absolute Gasteiger partial charge is 0.331 e. The van der Waals surface area contributed by atoms with Gasteiger partial charge in [-0.3, -0.25) is 0 Å². The third-order valence-electron chi connectivity index (χ3n) is 2.01. The summed E-state index contributed by atoms with van der Waals surface area (Å²) in [6.07, 6.45) is 3.16. The second kappa shape index (κ2) is 5.64. The molecule has 0 amide bonds. The van der Waals surface area contributed by atoms with Crippen LogP contribution in [-0.4, -0.2) is 11.6 Å². The van der Waals surface area contributed by atoms with Gasteiger partial charge in [0.05, 0.1) is 0 Å². The molecule has 0 spiro atoms. The average Bonchev–Trinajstić information content (AvgIpc) is 2.24. The number of nitrogens with two attached hydrogens (primary N) is 1. The molecule has 0 radical (unpaired) electrons. The van der Waals surface area contributed by atoms with E-state index in [9.17, 15) is 4.79 Å². The topological polar surface area (TPSA) is 52.3 Å². The first-order valence-electron chi connectivity index (χ1n) is 5.61. The van der Waals surface area contributed by atoms with Crippen molar-refractivity contribution in [3.05, 3.63) is 41.5 Å². The molecule has 1 aromatic carbocycles. The Morgan fingerprint density at radius 2 is 2.12 bits per heavy atom. The fraction of sp³-hybridized carbons (Fsp3) is 0.357. The Hall–Kier alpha value is -1.61. The fourth-order valence-electron chi connectivity index (χ4n) is 1.32. The fourth-order valence-corrected chi connectivity index (χ4v) is 1.32. The van der Waals surface area contributed by atoms with E-state index in [-0.39, 0.29) is 5.97 Å².